The predicted molar refractivity (Wildman–Crippen MR) is 69.9 cm³/mol. The second-order valence-electron chi connectivity index (χ2n) is 4.05. The molecule has 1 unspecified atom stereocenters. The minimum absolute atomic E-state index is 0.0501. The molecule has 0 aromatic heterocycles. The summed E-state index contributed by atoms with van der Waals surface area (Å²) in [4.78, 5) is 11.7. The third-order valence-corrected chi connectivity index (χ3v) is 2.64. The van der Waals surface area contributed by atoms with Crippen LogP contribution in [0.3, 0.4) is 0 Å². The SMILES string of the molecule is COC(C)CCC(=O)Nc1ccc(C#N)cc1N. The number of rotatable bonds is 5. The molecule has 0 aliphatic heterocycles. The van der Waals surface area contributed by atoms with Crippen molar-refractivity contribution in [1.82, 2.24) is 0 Å². The zero-order chi connectivity index (χ0) is 13.5. The van der Waals surface area contributed by atoms with Crippen molar-refractivity contribution in [3.05, 3.63) is 23.8 Å². The Kier molecular flexibility index (Phi) is 5.15. The first-order valence-electron chi connectivity index (χ1n) is 5.69. The van der Waals surface area contributed by atoms with Gasteiger partial charge in [0.15, 0.2) is 0 Å². The van der Waals surface area contributed by atoms with Crippen LogP contribution in [0.1, 0.15) is 25.3 Å². The molecule has 0 heterocycles. The Morgan fingerprint density at radius 3 is 2.89 bits per heavy atom. The molecule has 0 radical (unpaired) electrons. The molecule has 1 amide bonds. The number of nitrogens with two attached hydrogens (primary N) is 1. The van der Waals surface area contributed by atoms with Gasteiger partial charge >= 0.3 is 0 Å². The molecular formula is C13H17N3O2. The van der Waals surface area contributed by atoms with Crippen LogP contribution in [0.15, 0.2) is 18.2 Å². The van der Waals surface area contributed by atoms with E-state index in [1.807, 2.05) is 13.0 Å². The van der Waals surface area contributed by atoms with Gasteiger partial charge < -0.3 is 15.8 Å². The van der Waals surface area contributed by atoms with Crippen LogP contribution in [0, 0.1) is 11.3 Å². The van der Waals surface area contributed by atoms with Crippen LogP contribution < -0.4 is 11.1 Å². The van der Waals surface area contributed by atoms with Crippen LogP contribution >= 0.6 is 0 Å². The summed E-state index contributed by atoms with van der Waals surface area (Å²) in [7, 11) is 1.61. The van der Waals surface area contributed by atoms with Gasteiger partial charge in [0, 0.05) is 13.5 Å². The van der Waals surface area contributed by atoms with Crippen molar-refractivity contribution in [2.75, 3.05) is 18.2 Å². The molecule has 0 saturated heterocycles. The van der Waals surface area contributed by atoms with E-state index < -0.39 is 0 Å². The first-order chi connectivity index (χ1) is 8.56. The maximum atomic E-state index is 11.7. The van der Waals surface area contributed by atoms with E-state index in [4.69, 9.17) is 15.7 Å². The Hall–Kier alpha value is -2.06. The molecule has 0 fully saturated rings. The van der Waals surface area contributed by atoms with Gasteiger partial charge in [0.25, 0.3) is 0 Å². The average Bonchev–Trinajstić information content (AvgIpc) is 2.38. The molecule has 0 saturated carbocycles. The van der Waals surface area contributed by atoms with Crippen LogP contribution in [0.25, 0.3) is 0 Å². The lowest BCUT2D eigenvalue weighted by Crippen LogP contribution is -2.16. The van der Waals surface area contributed by atoms with E-state index in [1.165, 1.54) is 6.07 Å². The van der Waals surface area contributed by atoms with Crippen LogP contribution in [0.5, 0.6) is 0 Å². The van der Waals surface area contributed by atoms with E-state index >= 15 is 0 Å². The van der Waals surface area contributed by atoms with Crippen molar-refractivity contribution in [2.24, 2.45) is 0 Å². The first-order valence-corrected chi connectivity index (χ1v) is 5.69. The average molecular weight is 247 g/mol. The Morgan fingerprint density at radius 1 is 1.61 bits per heavy atom. The minimum atomic E-state index is -0.115. The van der Waals surface area contributed by atoms with Crippen LogP contribution in [0.4, 0.5) is 11.4 Å². The molecule has 1 atom stereocenters. The molecule has 5 nitrogen and oxygen atoms in total. The molecular weight excluding hydrogens is 230 g/mol. The highest BCUT2D eigenvalue weighted by molar-refractivity contribution is 5.93. The summed E-state index contributed by atoms with van der Waals surface area (Å²) < 4.78 is 5.06. The van der Waals surface area contributed by atoms with E-state index in [2.05, 4.69) is 5.32 Å². The Labute approximate surface area is 107 Å². The number of amides is 1. The number of carbonyl (C=O) groups excluding carboxylic acids is 1. The van der Waals surface area contributed by atoms with Gasteiger partial charge in [-0.05, 0) is 31.5 Å². The smallest absolute Gasteiger partial charge is 0.224 e. The maximum Gasteiger partial charge on any atom is 0.224 e. The van der Waals surface area contributed by atoms with Crippen molar-refractivity contribution in [3.8, 4) is 6.07 Å². The second kappa shape index (κ2) is 6.62. The summed E-state index contributed by atoms with van der Waals surface area (Å²) in [5.41, 5.74) is 7.13. The van der Waals surface area contributed by atoms with Gasteiger partial charge in [0.1, 0.15) is 0 Å². The molecule has 96 valence electrons. The zero-order valence-corrected chi connectivity index (χ0v) is 10.6. The fourth-order valence-electron chi connectivity index (χ4n) is 1.41. The van der Waals surface area contributed by atoms with Gasteiger partial charge in [-0.15, -0.1) is 0 Å². The summed E-state index contributed by atoms with van der Waals surface area (Å²) in [5, 5.41) is 11.4. The lowest BCUT2D eigenvalue weighted by atomic mass is 10.1. The monoisotopic (exact) mass is 247 g/mol. The van der Waals surface area contributed by atoms with Gasteiger partial charge in [0.2, 0.25) is 5.91 Å². The third kappa shape index (κ3) is 4.07. The van der Waals surface area contributed by atoms with Gasteiger partial charge in [-0.1, -0.05) is 0 Å². The number of hydrogen-bond acceptors (Lipinski definition) is 4. The Bertz CT molecular complexity index is 466. The van der Waals surface area contributed by atoms with Crippen molar-refractivity contribution >= 4 is 17.3 Å². The molecule has 0 aliphatic carbocycles. The molecule has 0 bridgehead atoms. The van der Waals surface area contributed by atoms with Crippen LogP contribution in [-0.4, -0.2) is 19.1 Å². The number of ether oxygens (including phenoxy) is 1. The van der Waals surface area contributed by atoms with E-state index in [-0.39, 0.29) is 12.0 Å². The summed E-state index contributed by atoms with van der Waals surface area (Å²) in [5.74, 6) is -0.115. The van der Waals surface area contributed by atoms with Gasteiger partial charge in [-0.25, -0.2) is 0 Å². The standard InChI is InChI=1S/C13H17N3O2/c1-9(18-2)3-6-13(17)16-12-5-4-10(8-14)7-11(12)15/h4-5,7,9H,3,6,15H2,1-2H3,(H,16,17). The summed E-state index contributed by atoms with van der Waals surface area (Å²) in [6.07, 6.45) is 1.07. The van der Waals surface area contributed by atoms with E-state index in [0.29, 0.717) is 29.8 Å². The number of nitrogen functional groups attached to an aromatic ring is 1. The van der Waals surface area contributed by atoms with E-state index in [9.17, 15) is 4.79 Å². The number of anilines is 2. The number of nitrogens with one attached hydrogen (secondary N) is 1. The number of nitriles is 1. The second-order valence-corrected chi connectivity index (χ2v) is 4.05. The number of methoxy groups -OCH3 is 1. The molecule has 3 N–H and O–H groups in total. The van der Waals surface area contributed by atoms with Gasteiger partial charge in [0.05, 0.1) is 29.1 Å². The summed E-state index contributed by atoms with van der Waals surface area (Å²) >= 11 is 0. The molecule has 1 aromatic rings. The molecule has 0 aliphatic rings. The van der Waals surface area contributed by atoms with Crippen molar-refractivity contribution in [3.63, 3.8) is 0 Å². The molecule has 1 rings (SSSR count). The normalized spacial score (nSPS) is 11.6. The predicted octanol–water partition coefficient (Wildman–Crippen LogP) is 1.89. The lowest BCUT2D eigenvalue weighted by Gasteiger charge is -2.10. The van der Waals surface area contributed by atoms with Crippen LogP contribution in [0.2, 0.25) is 0 Å². The fourth-order valence-corrected chi connectivity index (χ4v) is 1.41. The van der Waals surface area contributed by atoms with Crippen molar-refractivity contribution in [2.45, 2.75) is 25.9 Å². The first kappa shape index (κ1) is 14.0. The highest BCUT2D eigenvalue weighted by Crippen LogP contribution is 2.19. The highest BCUT2D eigenvalue weighted by atomic mass is 16.5. The van der Waals surface area contributed by atoms with Crippen molar-refractivity contribution in [1.29, 1.82) is 5.26 Å². The Morgan fingerprint density at radius 2 is 2.33 bits per heavy atom. The molecule has 1 aromatic carbocycles. The van der Waals surface area contributed by atoms with Gasteiger partial charge in [-0.2, -0.15) is 5.26 Å². The zero-order valence-electron chi connectivity index (χ0n) is 10.6. The third-order valence-electron chi connectivity index (χ3n) is 2.64. The lowest BCUT2D eigenvalue weighted by molar-refractivity contribution is -0.116. The van der Waals surface area contributed by atoms with E-state index in [0.717, 1.165) is 0 Å². The number of benzene rings is 1. The quantitative estimate of drug-likeness (QED) is 0.778. The number of nitrogens with zero attached hydrogens (tertiary/aromatic N) is 1. The summed E-state index contributed by atoms with van der Waals surface area (Å²) in [6.45, 7) is 1.91. The largest absolute Gasteiger partial charge is 0.397 e. The van der Waals surface area contributed by atoms with Crippen molar-refractivity contribution < 1.29 is 9.53 Å². The maximum absolute atomic E-state index is 11.7. The minimum Gasteiger partial charge on any atom is -0.397 e. The highest BCUT2D eigenvalue weighted by Gasteiger charge is 2.08. The molecule has 5 heteroatoms. The number of hydrogen-bond donors (Lipinski definition) is 2. The van der Waals surface area contributed by atoms with Crippen LogP contribution in [-0.2, 0) is 9.53 Å². The summed E-state index contributed by atoms with van der Waals surface area (Å²) in [6, 6.07) is 6.77. The van der Waals surface area contributed by atoms with E-state index in [1.54, 1.807) is 19.2 Å². The number of carbonyl (C=O) groups is 1. The molecule has 18 heavy (non-hydrogen) atoms. The van der Waals surface area contributed by atoms with Gasteiger partial charge in [-0.3, -0.25) is 4.79 Å². The topological polar surface area (TPSA) is 88.1 Å². The molecule has 0 spiro atoms. The fraction of sp³-hybridized carbons (Fsp3) is 0.385. The Balaban J connectivity index is 2.57.